The molecule has 1 aliphatic heterocycles. The number of aromatic nitrogens is 2. The Hall–Kier alpha value is -5.61. The van der Waals surface area contributed by atoms with E-state index in [1.807, 2.05) is 48.7 Å². The van der Waals surface area contributed by atoms with Crippen molar-refractivity contribution in [2.24, 2.45) is 0 Å². The van der Waals surface area contributed by atoms with E-state index in [1.54, 1.807) is 0 Å². The van der Waals surface area contributed by atoms with Crippen LogP contribution in [0.1, 0.15) is 5.56 Å². The number of aryl methyl sites for hydroxylation is 1. The highest BCUT2D eigenvalue weighted by Gasteiger charge is 2.25. The summed E-state index contributed by atoms with van der Waals surface area (Å²) in [4.78, 5) is 7.08. The predicted octanol–water partition coefficient (Wildman–Crippen LogP) is 10.2. The Balaban J connectivity index is 1.14. The SMILES string of the molecule is Cc1cc(-c2ccc(N3c4ccccc4Oc4ccccc43)cc2)ccc1-c1nccc2c1ccn2-c1ccccc1. The first kappa shape index (κ1) is 24.2. The Labute approximate surface area is 244 Å². The van der Waals surface area contributed by atoms with Gasteiger partial charge in [-0.25, -0.2) is 0 Å². The maximum Gasteiger partial charge on any atom is 0.151 e. The van der Waals surface area contributed by atoms with Gasteiger partial charge in [-0.2, -0.15) is 0 Å². The van der Waals surface area contributed by atoms with Crippen LogP contribution in [0, 0.1) is 6.92 Å². The molecule has 8 rings (SSSR count). The highest BCUT2D eigenvalue weighted by atomic mass is 16.5. The van der Waals surface area contributed by atoms with Crippen LogP contribution in [0.5, 0.6) is 11.5 Å². The molecule has 0 spiro atoms. The minimum absolute atomic E-state index is 0.856. The molecule has 0 amide bonds. The molecule has 200 valence electrons. The minimum atomic E-state index is 0.856. The zero-order valence-corrected chi connectivity index (χ0v) is 23.1. The van der Waals surface area contributed by atoms with Crippen LogP contribution < -0.4 is 9.64 Å². The van der Waals surface area contributed by atoms with Gasteiger partial charge in [0.1, 0.15) is 0 Å². The third-order valence-electron chi connectivity index (χ3n) is 8.02. The minimum Gasteiger partial charge on any atom is -0.453 e. The molecule has 4 nitrogen and oxygen atoms in total. The Kier molecular flexibility index (Phi) is 5.64. The van der Waals surface area contributed by atoms with Gasteiger partial charge in [0.15, 0.2) is 11.5 Å². The second kappa shape index (κ2) is 9.79. The third-order valence-corrected chi connectivity index (χ3v) is 8.02. The van der Waals surface area contributed by atoms with Crippen LogP contribution >= 0.6 is 0 Å². The molecule has 0 N–H and O–H groups in total. The summed E-state index contributed by atoms with van der Waals surface area (Å²) in [7, 11) is 0. The maximum atomic E-state index is 6.19. The molecule has 2 aromatic heterocycles. The summed E-state index contributed by atoms with van der Waals surface area (Å²) in [5, 5.41) is 1.15. The first-order chi connectivity index (χ1) is 20.7. The fraction of sp³-hybridized carbons (Fsp3) is 0.0263. The number of hydrogen-bond acceptors (Lipinski definition) is 3. The van der Waals surface area contributed by atoms with E-state index in [2.05, 4.69) is 114 Å². The summed E-state index contributed by atoms with van der Waals surface area (Å²) in [6, 6.07) is 46.5. The molecule has 0 saturated heterocycles. The largest absolute Gasteiger partial charge is 0.453 e. The van der Waals surface area contributed by atoms with Crippen LogP contribution in [0.15, 0.2) is 146 Å². The van der Waals surface area contributed by atoms with Crippen LogP contribution in [0.25, 0.3) is 39.0 Å². The normalized spacial score (nSPS) is 12.1. The van der Waals surface area contributed by atoms with Gasteiger partial charge in [-0.3, -0.25) is 4.98 Å². The average Bonchev–Trinajstić information content (AvgIpc) is 3.49. The summed E-state index contributed by atoms with van der Waals surface area (Å²) in [6.07, 6.45) is 4.03. The standard InChI is InChI=1S/C38H27N3O/c1-26-25-28(17-20-31(26)38-32-22-24-40(33(32)21-23-39-38)29-9-3-2-4-10-29)27-15-18-30(19-16-27)41-34-11-5-7-13-36(34)42-37-14-8-6-12-35(37)41/h2-25H,1H3. The molecule has 0 fully saturated rings. The smallest absolute Gasteiger partial charge is 0.151 e. The first-order valence-electron chi connectivity index (χ1n) is 14.1. The summed E-state index contributed by atoms with van der Waals surface area (Å²) >= 11 is 0. The van der Waals surface area contributed by atoms with Gasteiger partial charge in [-0.1, -0.05) is 72.8 Å². The van der Waals surface area contributed by atoms with E-state index in [4.69, 9.17) is 9.72 Å². The molecule has 5 aromatic carbocycles. The van der Waals surface area contributed by atoms with Crippen molar-refractivity contribution >= 4 is 28.0 Å². The number of nitrogens with zero attached hydrogens (tertiary/aromatic N) is 3. The van der Waals surface area contributed by atoms with Crippen molar-refractivity contribution < 1.29 is 4.74 Å². The van der Waals surface area contributed by atoms with E-state index < -0.39 is 0 Å². The Morgan fingerprint density at radius 2 is 1.26 bits per heavy atom. The molecule has 3 heterocycles. The Morgan fingerprint density at radius 1 is 0.595 bits per heavy atom. The van der Waals surface area contributed by atoms with Crippen LogP contribution in [0.3, 0.4) is 0 Å². The molecule has 0 atom stereocenters. The molecule has 1 aliphatic rings. The molecule has 0 bridgehead atoms. The lowest BCUT2D eigenvalue weighted by Gasteiger charge is -2.32. The highest BCUT2D eigenvalue weighted by molar-refractivity contribution is 5.95. The second-order valence-electron chi connectivity index (χ2n) is 10.6. The molecule has 0 aliphatic carbocycles. The molecule has 42 heavy (non-hydrogen) atoms. The van der Waals surface area contributed by atoms with E-state index >= 15 is 0 Å². The third kappa shape index (κ3) is 3.96. The average molecular weight is 542 g/mol. The zero-order chi connectivity index (χ0) is 28.0. The van der Waals surface area contributed by atoms with Crippen molar-refractivity contribution in [1.82, 2.24) is 9.55 Å². The predicted molar refractivity (Wildman–Crippen MR) is 171 cm³/mol. The van der Waals surface area contributed by atoms with Crippen molar-refractivity contribution in [1.29, 1.82) is 0 Å². The monoisotopic (exact) mass is 541 g/mol. The van der Waals surface area contributed by atoms with E-state index in [9.17, 15) is 0 Å². The number of benzene rings is 5. The van der Waals surface area contributed by atoms with Crippen molar-refractivity contribution in [3.8, 4) is 39.6 Å². The van der Waals surface area contributed by atoms with Gasteiger partial charge >= 0.3 is 0 Å². The second-order valence-corrected chi connectivity index (χ2v) is 10.6. The highest BCUT2D eigenvalue weighted by Crippen LogP contribution is 2.50. The lowest BCUT2D eigenvalue weighted by Crippen LogP contribution is -2.15. The molecule has 7 aromatic rings. The van der Waals surface area contributed by atoms with Gasteiger partial charge in [0.2, 0.25) is 0 Å². The number of hydrogen-bond donors (Lipinski definition) is 0. The number of rotatable bonds is 4. The van der Waals surface area contributed by atoms with E-state index in [0.717, 1.165) is 56.4 Å². The van der Waals surface area contributed by atoms with Crippen LogP contribution in [-0.4, -0.2) is 9.55 Å². The van der Waals surface area contributed by atoms with Crippen molar-refractivity contribution in [2.45, 2.75) is 6.92 Å². The molecule has 4 heteroatoms. The fourth-order valence-corrected chi connectivity index (χ4v) is 5.99. The Morgan fingerprint density at radius 3 is 1.98 bits per heavy atom. The number of pyridine rings is 1. The zero-order valence-electron chi connectivity index (χ0n) is 23.1. The van der Waals surface area contributed by atoms with Crippen LogP contribution in [-0.2, 0) is 0 Å². The molecule has 0 radical (unpaired) electrons. The van der Waals surface area contributed by atoms with Crippen molar-refractivity contribution in [2.75, 3.05) is 4.90 Å². The molecular weight excluding hydrogens is 514 g/mol. The van der Waals surface area contributed by atoms with E-state index in [0.29, 0.717) is 0 Å². The summed E-state index contributed by atoms with van der Waals surface area (Å²) in [5.74, 6) is 1.71. The molecule has 0 unspecified atom stereocenters. The summed E-state index contributed by atoms with van der Waals surface area (Å²) < 4.78 is 8.40. The number of para-hydroxylation sites is 5. The lowest BCUT2D eigenvalue weighted by atomic mass is 9.96. The van der Waals surface area contributed by atoms with Gasteiger partial charge in [-0.05, 0) is 84.3 Å². The van der Waals surface area contributed by atoms with Gasteiger partial charge in [0.05, 0.1) is 22.6 Å². The summed E-state index contributed by atoms with van der Waals surface area (Å²) in [6.45, 7) is 2.17. The van der Waals surface area contributed by atoms with Crippen molar-refractivity contribution in [3.05, 3.63) is 151 Å². The van der Waals surface area contributed by atoms with Gasteiger partial charge in [-0.15, -0.1) is 0 Å². The molecular formula is C38H27N3O. The molecule has 0 saturated carbocycles. The maximum absolute atomic E-state index is 6.19. The Bertz CT molecular complexity index is 2030. The lowest BCUT2D eigenvalue weighted by molar-refractivity contribution is 0.477. The number of ether oxygens (including phenoxy) is 1. The van der Waals surface area contributed by atoms with Gasteiger partial charge in [0, 0.05) is 34.7 Å². The van der Waals surface area contributed by atoms with Crippen molar-refractivity contribution in [3.63, 3.8) is 0 Å². The number of fused-ring (bicyclic) bond motifs is 3. The topological polar surface area (TPSA) is 30.3 Å². The summed E-state index contributed by atoms with van der Waals surface area (Å²) in [5.41, 5.74) is 11.2. The number of anilines is 3. The quantitative estimate of drug-likeness (QED) is 0.222. The van der Waals surface area contributed by atoms with E-state index in [-0.39, 0.29) is 0 Å². The van der Waals surface area contributed by atoms with Crippen LogP contribution in [0.2, 0.25) is 0 Å². The van der Waals surface area contributed by atoms with Gasteiger partial charge in [0.25, 0.3) is 0 Å². The first-order valence-corrected chi connectivity index (χ1v) is 14.1. The van der Waals surface area contributed by atoms with E-state index in [1.165, 1.54) is 16.7 Å². The fourth-order valence-electron chi connectivity index (χ4n) is 5.99. The van der Waals surface area contributed by atoms with Gasteiger partial charge < -0.3 is 14.2 Å². The van der Waals surface area contributed by atoms with Crippen LogP contribution in [0.4, 0.5) is 17.1 Å².